The van der Waals surface area contributed by atoms with Crippen LogP contribution in [0.15, 0.2) is 42.6 Å². The van der Waals surface area contributed by atoms with E-state index in [1.54, 1.807) is 0 Å². The van der Waals surface area contributed by atoms with E-state index < -0.39 is 0 Å². The van der Waals surface area contributed by atoms with Gasteiger partial charge in [0, 0.05) is 18.7 Å². The maximum absolute atomic E-state index is 10.2. The van der Waals surface area contributed by atoms with Crippen LogP contribution in [0.25, 0.3) is 11.2 Å². The Morgan fingerprint density at radius 3 is 2.52 bits per heavy atom. The van der Waals surface area contributed by atoms with Crippen molar-refractivity contribution in [1.82, 2.24) is 14.5 Å². The van der Waals surface area contributed by atoms with Crippen molar-refractivity contribution in [2.24, 2.45) is 11.8 Å². The number of benzene rings is 1. The van der Waals surface area contributed by atoms with E-state index in [0.717, 1.165) is 37.0 Å². The summed E-state index contributed by atoms with van der Waals surface area (Å²) in [7, 11) is 0. The lowest BCUT2D eigenvalue weighted by Gasteiger charge is -2.33. The highest BCUT2D eigenvalue weighted by Gasteiger charge is 2.45. The predicted octanol–water partition coefficient (Wildman–Crippen LogP) is 4.31. The molecule has 1 N–H and O–H groups in total. The molecule has 2 unspecified atom stereocenters. The van der Waals surface area contributed by atoms with Crippen molar-refractivity contribution in [2.75, 3.05) is 0 Å². The standard InChI is InChI=1S/C23H27N3O/c1-2-15-10-20-22(24-13-15)25-23(26(20)14-16-6-4-3-5-7-16)21-17-8-9-18(21)12-19(27)11-17/h3-7,10,13,17-19,21,27H,2,8-9,11-12,14H2,1H3. The van der Waals surface area contributed by atoms with Crippen LogP contribution < -0.4 is 0 Å². The zero-order valence-corrected chi connectivity index (χ0v) is 15.9. The molecule has 2 atom stereocenters. The van der Waals surface area contributed by atoms with Gasteiger partial charge in [-0.15, -0.1) is 0 Å². The number of aliphatic hydroxyl groups excluding tert-OH is 1. The van der Waals surface area contributed by atoms with Gasteiger partial charge in [0.25, 0.3) is 0 Å². The molecule has 2 aliphatic rings. The Kier molecular flexibility index (Phi) is 4.24. The van der Waals surface area contributed by atoms with Crippen LogP contribution in [0, 0.1) is 11.8 Å². The van der Waals surface area contributed by atoms with Crippen molar-refractivity contribution in [3.8, 4) is 0 Å². The second kappa shape index (κ2) is 6.75. The Morgan fingerprint density at radius 2 is 1.81 bits per heavy atom. The van der Waals surface area contributed by atoms with Crippen LogP contribution in [0.1, 0.15) is 55.5 Å². The predicted molar refractivity (Wildman–Crippen MR) is 107 cm³/mol. The van der Waals surface area contributed by atoms with E-state index in [2.05, 4.69) is 52.9 Å². The van der Waals surface area contributed by atoms with Crippen molar-refractivity contribution in [2.45, 2.75) is 57.6 Å². The largest absolute Gasteiger partial charge is 0.393 e. The van der Waals surface area contributed by atoms with Gasteiger partial charge in [-0.1, -0.05) is 37.3 Å². The van der Waals surface area contributed by atoms with Gasteiger partial charge in [-0.25, -0.2) is 9.97 Å². The second-order valence-corrected chi connectivity index (χ2v) is 8.33. The van der Waals surface area contributed by atoms with E-state index in [0.29, 0.717) is 17.8 Å². The number of imidazole rings is 1. The molecule has 4 heteroatoms. The molecule has 0 spiro atoms. The van der Waals surface area contributed by atoms with Crippen LogP contribution in [0.2, 0.25) is 0 Å². The number of aliphatic hydroxyl groups is 1. The van der Waals surface area contributed by atoms with E-state index in [1.807, 2.05) is 6.20 Å². The summed E-state index contributed by atoms with van der Waals surface area (Å²) in [5.41, 5.74) is 4.57. The molecule has 2 fully saturated rings. The first kappa shape index (κ1) is 16.9. The number of aryl methyl sites for hydroxylation is 1. The van der Waals surface area contributed by atoms with Gasteiger partial charge in [-0.05, 0) is 61.1 Å². The molecule has 0 aliphatic heterocycles. The molecule has 2 aliphatic carbocycles. The Hall–Kier alpha value is -2.20. The molecular weight excluding hydrogens is 334 g/mol. The van der Waals surface area contributed by atoms with Crippen LogP contribution >= 0.6 is 0 Å². The maximum atomic E-state index is 10.2. The van der Waals surface area contributed by atoms with Crippen LogP contribution in [0.4, 0.5) is 0 Å². The number of fused-ring (bicyclic) bond motifs is 3. The van der Waals surface area contributed by atoms with Crippen LogP contribution in [-0.2, 0) is 13.0 Å². The van der Waals surface area contributed by atoms with Gasteiger partial charge >= 0.3 is 0 Å². The van der Waals surface area contributed by atoms with Crippen molar-refractivity contribution < 1.29 is 5.11 Å². The summed E-state index contributed by atoms with van der Waals surface area (Å²) in [6, 6.07) is 12.9. The van der Waals surface area contributed by atoms with Crippen LogP contribution in [-0.4, -0.2) is 25.7 Å². The summed E-state index contributed by atoms with van der Waals surface area (Å²) in [5, 5.41) is 10.2. The van der Waals surface area contributed by atoms with Gasteiger partial charge in [0.1, 0.15) is 5.82 Å². The van der Waals surface area contributed by atoms with Crippen LogP contribution in [0.3, 0.4) is 0 Å². The average Bonchev–Trinajstić information content (AvgIpc) is 3.16. The lowest BCUT2D eigenvalue weighted by Crippen LogP contribution is -2.29. The fraction of sp³-hybridized carbons (Fsp3) is 0.478. The quantitative estimate of drug-likeness (QED) is 0.753. The van der Waals surface area contributed by atoms with Gasteiger partial charge in [-0.3, -0.25) is 0 Å². The third-order valence-corrected chi connectivity index (χ3v) is 6.66. The molecule has 4 nitrogen and oxygen atoms in total. The first-order chi connectivity index (χ1) is 13.2. The van der Waals surface area contributed by atoms with E-state index in [1.165, 1.54) is 29.8 Å². The summed E-state index contributed by atoms with van der Waals surface area (Å²) in [6.45, 7) is 3.00. The third-order valence-electron chi connectivity index (χ3n) is 6.66. The minimum absolute atomic E-state index is 0.129. The number of aromatic nitrogens is 3. The van der Waals surface area contributed by atoms with E-state index in [4.69, 9.17) is 4.98 Å². The summed E-state index contributed by atoms with van der Waals surface area (Å²) in [5.74, 6) is 2.75. The summed E-state index contributed by atoms with van der Waals surface area (Å²) >= 11 is 0. The van der Waals surface area contributed by atoms with E-state index in [-0.39, 0.29) is 6.10 Å². The van der Waals surface area contributed by atoms with Gasteiger partial charge < -0.3 is 9.67 Å². The summed E-state index contributed by atoms with van der Waals surface area (Å²) in [6.07, 6.45) is 7.09. The lowest BCUT2D eigenvalue weighted by atomic mass is 9.76. The Balaban J connectivity index is 1.64. The Labute approximate surface area is 160 Å². The number of hydrogen-bond donors (Lipinski definition) is 1. The Morgan fingerprint density at radius 1 is 1.07 bits per heavy atom. The van der Waals surface area contributed by atoms with Gasteiger partial charge in [0.05, 0.1) is 11.6 Å². The van der Waals surface area contributed by atoms with Crippen molar-refractivity contribution in [1.29, 1.82) is 0 Å². The topological polar surface area (TPSA) is 50.9 Å². The smallest absolute Gasteiger partial charge is 0.177 e. The normalized spacial score (nSPS) is 27.3. The fourth-order valence-electron chi connectivity index (χ4n) is 5.36. The van der Waals surface area contributed by atoms with Gasteiger partial charge in [0.15, 0.2) is 5.65 Å². The SMILES string of the molecule is CCc1cnc2nc(C3C4CCC3CC(O)C4)n(Cc3ccccc3)c2c1. The third kappa shape index (κ3) is 2.96. The van der Waals surface area contributed by atoms with Crippen molar-refractivity contribution in [3.63, 3.8) is 0 Å². The summed E-state index contributed by atoms with van der Waals surface area (Å²) in [4.78, 5) is 9.72. The minimum atomic E-state index is -0.129. The molecule has 0 saturated heterocycles. The number of nitrogens with zero attached hydrogens (tertiary/aromatic N) is 3. The molecule has 2 aromatic heterocycles. The highest BCUT2D eigenvalue weighted by atomic mass is 16.3. The number of pyridine rings is 1. The molecule has 3 aromatic rings. The highest BCUT2D eigenvalue weighted by molar-refractivity contribution is 5.72. The minimum Gasteiger partial charge on any atom is -0.393 e. The molecule has 2 bridgehead atoms. The zero-order valence-electron chi connectivity index (χ0n) is 15.9. The first-order valence-electron chi connectivity index (χ1n) is 10.3. The number of hydrogen-bond acceptors (Lipinski definition) is 3. The van der Waals surface area contributed by atoms with Crippen molar-refractivity contribution >= 4 is 11.2 Å². The van der Waals surface area contributed by atoms with Gasteiger partial charge in [-0.2, -0.15) is 0 Å². The molecule has 140 valence electrons. The second-order valence-electron chi connectivity index (χ2n) is 8.33. The molecule has 2 heterocycles. The lowest BCUT2D eigenvalue weighted by molar-refractivity contribution is 0.0810. The van der Waals surface area contributed by atoms with Gasteiger partial charge in [0.2, 0.25) is 0 Å². The van der Waals surface area contributed by atoms with E-state index >= 15 is 0 Å². The molecule has 2 saturated carbocycles. The van der Waals surface area contributed by atoms with E-state index in [9.17, 15) is 5.11 Å². The van der Waals surface area contributed by atoms with Crippen molar-refractivity contribution in [3.05, 3.63) is 59.5 Å². The molecule has 27 heavy (non-hydrogen) atoms. The average molecular weight is 361 g/mol. The highest BCUT2D eigenvalue weighted by Crippen LogP contribution is 2.52. The molecule has 1 aromatic carbocycles. The molecule has 5 rings (SSSR count). The monoisotopic (exact) mass is 361 g/mol. The molecule has 0 amide bonds. The molecule has 0 radical (unpaired) electrons. The van der Waals surface area contributed by atoms with Crippen LogP contribution in [0.5, 0.6) is 0 Å². The first-order valence-corrected chi connectivity index (χ1v) is 10.3. The Bertz CT molecular complexity index is 935. The molecular formula is C23H27N3O. The fourth-order valence-corrected chi connectivity index (χ4v) is 5.36. The maximum Gasteiger partial charge on any atom is 0.177 e. The number of rotatable bonds is 4. The summed E-state index contributed by atoms with van der Waals surface area (Å²) < 4.78 is 2.41. The zero-order chi connectivity index (χ0) is 18.4.